The van der Waals surface area contributed by atoms with Crippen LogP contribution in [0.15, 0.2) is 52.1 Å². The van der Waals surface area contributed by atoms with E-state index < -0.39 is 10.0 Å². The zero-order valence-corrected chi connectivity index (χ0v) is 17.6. The Morgan fingerprint density at radius 1 is 1.04 bits per heavy atom. The van der Waals surface area contributed by atoms with Crippen molar-refractivity contribution in [3.8, 4) is 9.88 Å². The molecule has 0 atom stereocenters. The molecule has 0 saturated carbocycles. The lowest BCUT2D eigenvalue weighted by molar-refractivity contribution is 0.180. The smallest absolute Gasteiger partial charge is 0.244 e. The zero-order chi connectivity index (χ0) is 18.9. The number of halogens is 1. The van der Waals surface area contributed by atoms with Gasteiger partial charge in [0, 0.05) is 38.1 Å². The van der Waals surface area contributed by atoms with E-state index in [9.17, 15) is 8.42 Å². The van der Waals surface area contributed by atoms with Gasteiger partial charge < -0.3 is 0 Å². The number of benzene rings is 1. The Kier molecular flexibility index (Phi) is 5.63. The van der Waals surface area contributed by atoms with Crippen LogP contribution in [0.2, 0.25) is 5.02 Å². The largest absolute Gasteiger partial charge is 0.295 e. The number of hydrogen-bond donors (Lipinski definition) is 0. The summed E-state index contributed by atoms with van der Waals surface area (Å²) < 4.78 is 27.2. The van der Waals surface area contributed by atoms with Gasteiger partial charge in [-0.3, -0.25) is 4.90 Å². The van der Waals surface area contributed by atoms with E-state index in [-0.39, 0.29) is 9.92 Å². The van der Waals surface area contributed by atoms with Gasteiger partial charge in [-0.2, -0.15) is 4.31 Å². The monoisotopic (exact) mass is 439 g/mol. The Morgan fingerprint density at radius 2 is 1.81 bits per heavy atom. The molecular weight excluding hydrogens is 422 g/mol. The molecule has 1 aliphatic heterocycles. The van der Waals surface area contributed by atoms with E-state index in [2.05, 4.69) is 21.7 Å². The molecule has 0 amide bonds. The van der Waals surface area contributed by atoms with Crippen LogP contribution in [0, 0.1) is 0 Å². The molecule has 1 fully saturated rings. The average molecular weight is 440 g/mol. The van der Waals surface area contributed by atoms with Gasteiger partial charge in [0.15, 0.2) is 0 Å². The van der Waals surface area contributed by atoms with E-state index in [0.29, 0.717) is 26.2 Å². The minimum absolute atomic E-state index is 0.181. The molecule has 3 heterocycles. The maximum atomic E-state index is 12.8. The lowest BCUT2D eigenvalue weighted by atomic mass is 10.3. The molecule has 3 aromatic rings. The molecule has 0 unspecified atom stereocenters. The highest BCUT2D eigenvalue weighted by atomic mass is 35.5. The standard InChI is InChI=1S/C18H18ClN3O2S3/c19-15-4-1-2-6-17(15)27(23,24)22-9-7-21(8-10-22)12-14-13-26-18(20-14)16-5-3-11-25-16/h1-6,11,13H,7-10,12H2. The quantitative estimate of drug-likeness (QED) is 0.602. The van der Waals surface area contributed by atoms with Gasteiger partial charge in [0.05, 0.1) is 15.6 Å². The van der Waals surface area contributed by atoms with Gasteiger partial charge in [-0.05, 0) is 23.6 Å². The van der Waals surface area contributed by atoms with Crippen LogP contribution in [0.5, 0.6) is 0 Å². The predicted molar refractivity (Wildman–Crippen MR) is 111 cm³/mol. The van der Waals surface area contributed by atoms with Gasteiger partial charge in [-0.15, -0.1) is 22.7 Å². The van der Waals surface area contributed by atoms with E-state index in [1.165, 1.54) is 9.18 Å². The summed E-state index contributed by atoms with van der Waals surface area (Å²) in [5.74, 6) is 0. The Labute approximate surface area is 171 Å². The SMILES string of the molecule is O=S(=O)(c1ccccc1Cl)N1CCN(Cc2csc(-c3cccs3)n2)CC1. The van der Waals surface area contributed by atoms with Crippen LogP contribution in [0.3, 0.4) is 0 Å². The first kappa shape index (κ1) is 19.0. The molecule has 1 saturated heterocycles. The number of thiophene rings is 1. The van der Waals surface area contributed by atoms with Crippen molar-refractivity contribution in [1.29, 1.82) is 0 Å². The number of hydrogen-bond acceptors (Lipinski definition) is 6. The van der Waals surface area contributed by atoms with E-state index in [4.69, 9.17) is 16.6 Å². The topological polar surface area (TPSA) is 53.5 Å². The zero-order valence-electron chi connectivity index (χ0n) is 14.4. The second-order valence-electron chi connectivity index (χ2n) is 6.23. The van der Waals surface area contributed by atoms with E-state index in [1.54, 1.807) is 46.9 Å². The van der Waals surface area contributed by atoms with E-state index in [1.807, 2.05) is 6.07 Å². The van der Waals surface area contributed by atoms with Crippen molar-refractivity contribution in [3.63, 3.8) is 0 Å². The summed E-state index contributed by atoms with van der Waals surface area (Å²) in [5, 5.41) is 5.44. The van der Waals surface area contributed by atoms with Crippen molar-refractivity contribution in [2.24, 2.45) is 0 Å². The molecule has 0 radical (unpaired) electrons. The molecule has 142 valence electrons. The minimum Gasteiger partial charge on any atom is -0.295 e. The van der Waals surface area contributed by atoms with Crippen molar-refractivity contribution in [1.82, 2.24) is 14.2 Å². The molecule has 1 aromatic carbocycles. The molecule has 4 rings (SSSR count). The fourth-order valence-electron chi connectivity index (χ4n) is 3.04. The summed E-state index contributed by atoms with van der Waals surface area (Å²) in [6.45, 7) is 3.00. The third kappa shape index (κ3) is 4.11. The average Bonchev–Trinajstić information content (AvgIpc) is 3.34. The number of sulfonamides is 1. The van der Waals surface area contributed by atoms with Crippen LogP contribution >= 0.6 is 34.3 Å². The lowest BCUT2D eigenvalue weighted by Crippen LogP contribution is -2.48. The van der Waals surface area contributed by atoms with E-state index >= 15 is 0 Å². The molecule has 0 aliphatic carbocycles. The Hall–Kier alpha value is -1.29. The molecule has 0 bridgehead atoms. The van der Waals surface area contributed by atoms with Crippen LogP contribution in [0.25, 0.3) is 9.88 Å². The first-order chi connectivity index (χ1) is 13.0. The second kappa shape index (κ2) is 7.98. The van der Waals surface area contributed by atoms with E-state index in [0.717, 1.165) is 17.2 Å². The Morgan fingerprint density at radius 3 is 2.52 bits per heavy atom. The van der Waals surface area contributed by atoms with Gasteiger partial charge >= 0.3 is 0 Å². The maximum Gasteiger partial charge on any atom is 0.244 e. The van der Waals surface area contributed by atoms with Gasteiger partial charge in [-0.1, -0.05) is 29.8 Å². The summed E-state index contributed by atoms with van der Waals surface area (Å²) >= 11 is 9.42. The minimum atomic E-state index is -3.55. The fourth-order valence-corrected chi connectivity index (χ4v) is 6.58. The van der Waals surface area contributed by atoms with Crippen LogP contribution in [-0.2, 0) is 16.6 Å². The normalized spacial score (nSPS) is 16.6. The third-order valence-electron chi connectivity index (χ3n) is 4.46. The number of nitrogens with zero attached hydrogens (tertiary/aromatic N) is 3. The molecule has 27 heavy (non-hydrogen) atoms. The predicted octanol–water partition coefficient (Wildman–Crippen LogP) is 4.03. The first-order valence-corrected chi connectivity index (χ1v) is 12.1. The van der Waals surface area contributed by atoms with Crippen LogP contribution in [-0.4, -0.2) is 48.8 Å². The van der Waals surface area contributed by atoms with Gasteiger partial charge in [0.1, 0.15) is 9.90 Å². The Bertz CT molecular complexity index is 1010. The molecular formula is C18H18ClN3O2S3. The van der Waals surface area contributed by atoms with Crippen molar-refractivity contribution < 1.29 is 8.42 Å². The van der Waals surface area contributed by atoms with Gasteiger partial charge in [-0.25, -0.2) is 13.4 Å². The van der Waals surface area contributed by atoms with Gasteiger partial charge in [0.2, 0.25) is 10.0 Å². The molecule has 9 heteroatoms. The molecule has 1 aliphatic rings. The lowest BCUT2D eigenvalue weighted by Gasteiger charge is -2.33. The van der Waals surface area contributed by atoms with Crippen molar-refractivity contribution >= 4 is 44.3 Å². The summed E-state index contributed by atoms with van der Waals surface area (Å²) in [5.41, 5.74) is 1.03. The van der Waals surface area contributed by atoms with Crippen LogP contribution < -0.4 is 0 Å². The fraction of sp³-hybridized carbons (Fsp3) is 0.278. The van der Waals surface area contributed by atoms with Crippen LogP contribution in [0.1, 0.15) is 5.69 Å². The molecule has 2 aromatic heterocycles. The molecule has 0 spiro atoms. The Balaban J connectivity index is 1.39. The van der Waals surface area contributed by atoms with Gasteiger partial charge in [0.25, 0.3) is 0 Å². The van der Waals surface area contributed by atoms with Crippen LogP contribution in [0.4, 0.5) is 0 Å². The molecule has 5 nitrogen and oxygen atoms in total. The maximum absolute atomic E-state index is 12.8. The van der Waals surface area contributed by atoms with Crippen molar-refractivity contribution in [2.45, 2.75) is 11.4 Å². The second-order valence-corrected chi connectivity index (χ2v) is 10.4. The van der Waals surface area contributed by atoms with Crippen molar-refractivity contribution in [3.05, 3.63) is 57.9 Å². The van der Waals surface area contributed by atoms with Crippen molar-refractivity contribution in [2.75, 3.05) is 26.2 Å². The highest BCUT2D eigenvalue weighted by molar-refractivity contribution is 7.89. The number of thiazole rings is 1. The highest BCUT2D eigenvalue weighted by Crippen LogP contribution is 2.29. The third-order valence-corrected chi connectivity index (χ3v) is 8.78. The summed E-state index contributed by atoms with van der Waals surface area (Å²) in [4.78, 5) is 8.32. The number of piperazine rings is 1. The summed E-state index contributed by atoms with van der Waals surface area (Å²) in [6.07, 6.45) is 0. The first-order valence-electron chi connectivity index (χ1n) is 8.49. The highest BCUT2D eigenvalue weighted by Gasteiger charge is 2.30. The summed E-state index contributed by atoms with van der Waals surface area (Å²) in [6, 6.07) is 10.7. The summed E-state index contributed by atoms with van der Waals surface area (Å²) in [7, 11) is -3.55. The number of aromatic nitrogens is 1. The molecule has 0 N–H and O–H groups in total. The number of rotatable bonds is 5.